The quantitative estimate of drug-likeness (QED) is 0.747. The number of carbonyl (C=O) groups excluding carboxylic acids is 1. The lowest BCUT2D eigenvalue weighted by atomic mass is 10.0. The minimum absolute atomic E-state index is 0.258. The average molecular weight is 344 g/mol. The van der Waals surface area contributed by atoms with Gasteiger partial charge in [-0.3, -0.25) is 9.78 Å². The fraction of sp³-hybridized carbons (Fsp3) is 0.412. The zero-order valence-corrected chi connectivity index (χ0v) is 14.0. The Kier molecular flexibility index (Phi) is 5.18. The van der Waals surface area contributed by atoms with Gasteiger partial charge in [0.15, 0.2) is 0 Å². The summed E-state index contributed by atoms with van der Waals surface area (Å²) in [5, 5.41) is 6.13. The molecule has 1 aliphatic heterocycles. The number of anilines is 1. The Bertz CT molecular complexity index is 769. The number of aryl methyl sites for hydroxylation is 1. The van der Waals surface area contributed by atoms with Gasteiger partial charge in [0.2, 0.25) is 0 Å². The van der Waals surface area contributed by atoms with Crippen LogP contribution in [0.5, 0.6) is 0 Å². The molecule has 0 aromatic carbocycles. The molecule has 0 bridgehead atoms. The number of aromatic nitrogens is 3. The van der Waals surface area contributed by atoms with Gasteiger partial charge in [-0.1, -0.05) is 0 Å². The van der Waals surface area contributed by atoms with E-state index in [1.54, 1.807) is 12.3 Å². The fourth-order valence-electron chi connectivity index (χ4n) is 2.88. The number of nitrogens with two attached hydrogens (primary N) is 1. The zero-order valence-electron chi connectivity index (χ0n) is 14.0. The van der Waals surface area contributed by atoms with Gasteiger partial charge in [-0.25, -0.2) is 14.4 Å². The highest BCUT2D eigenvalue weighted by Crippen LogP contribution is 2.21. The number of halogens is 1. The van der Waals surface area contributed by atoms with Crippen LogP contribution in [0.4, 0.5) is 10.1 Å². The Morgan fingerprint density at radius 2 is 2.28 bits per heavy atom. The molecule has 2 aromatic heterocycles. The molecule has 2 atom stereocenters. The molecule has 25 heavy (non-hydrogen) atoms. The summed E-state index contributed by atoms with van der Waals surface area (Å²) in [4.78, 5) is 24.4. The normalized spacial score (nSPS) is 20.2. The maximum absolute atomic E-state index is 14.1. The third-order valence-corrected chi connectivity index (χ3v) is 4.17. The molecule has 3 rings (SSSR count). The number of amides is 1. The van der Waals surface area contributed by atoms with Crippen molar-refractivity contribution in [2.45, 2.75) is 32.0 Å². The Balaban J connectivity index is 1.85. The number of nitrogens with one attached hydrogen (secondary N) is 2. The lowest BCUT2D eigenvalue weighted by Crippen LogP contribution is -2.45. The molecule has 1 saturated heterocycles. The van der Waals surface area contributed by atoms with Crippen molar-refractivity contribution in [3.05, 3.63) is 47.3 Å². The van der Waals surface area contributed by atoms with Crippen LogP contribution in [-0.4, -0.2) is 46.2 Å². The van der Waals surface area contributed by atoms with Gasteiger partial charge in [0.1, 0.15) is 12.0 Å². The van der Waals surface area contributed by atoms with E-state index in [-0.39, 0.29) is 11.6 Å². The van der Waals surface area contributed by atoms with Crippen LogP contribution in [0.1, 0.15) is 34.0 Å². The van der Waals surface area contributed by atoms with E-state index in [0.29, 0.717) is 30.9 Å². The molecule has 1 amide bonds. The van der Waals surface area contributed by atoms with E-state index in [1.165, 1.54) is 6.20 Å². The Hall–Kier alpha value is -2.61. The minimum atomic E-state index is -1.03. The highest BCUT2D eigenvalue weighted by atomic mass is 19.1. The topological polar surface area (TPSA) is 106 Å². The van der Waals surface area contributed by atoms with Crippen molar-refractivity contribution < 1.29 is 9.18 Å². The van der Waals surface area contributed by atoms with Gasteiger partial charge in [0.25, 0.3) is 5.91 Å². The van der Waals surface area contributed by atoms with E-state index < -0.39 is 12.1 Å². The van der Waals surface area contributed by atoms with Gasteiger partial charge in [0.05, 0.1) is 23.0 Å². The summed E-state index contributed by atoms with van der Waals surface area (Å²) in [6.45, 7) is 2.84. The van der Waals surface area contributed by atoms with Crippen LogP contribution in [0.2, 0.25) is 0 Å². The van der Waals surface area contributed by atoms with Crippen LogP contribution in [0.15, 0.2) is 24.5 Å². The van der Waals surface area contributed by atoms with Crippen molar-refractivity contribution in [2.24, 2.45) is 5.73 Å². The second-order valence-electron chi connectivity index (χ2n) is 6.12. The van der Waals surface area contributed by atoms with E-state index in [9.17, 15) is 9.18 Å². The molecule has 2 aromatic rings. The first-order valence-electron chi connectivity index (χ1n) is 8.21. The van der Waals surface area contributed by atoms with Crippen molar-refractivity contribution in [2.75, 3.05) is 18.4 Å². The monoisotopic (exact) mass is 344 g/mol. The molecule has 0 radical (unpaired) electrons. The number of hydrogen-bond donors (Lipinski definition) is 3. The van der Waals surface area contributed by atoms with Crippen LogP contribution in [0.25, 0.3) is 0 Å². The van der Waals surface area contributed by atoms with Gasteiger partial charge < -0.3 is 16.4 Å². The third-order valence-electron chi connectivity index (χ3n) is 4.17. The van der Waals surface area contributed by atoms with Crippen molar-refractivity contribution in [3.63, 3.8) is 0 Å². The van der Waals surface area contributed by atoms with Crippen LogP contribution in [-0.2, 0) is 6.42 Å². The van der Waals surface area contributed by atoms with Gasteiger partial charge >= 0.3 is 0 Å². The summed E-state index contributed by atoms with van der Waals surface area (Å²) < 4.78 is 14.1. The van der Waals surface area contributed by atoms with E-state index >= 15 is 0 Å². The van der Waals surface area contributed by atoms with Gasteiger partial charge in [0, 0.05) is 31.1 Å². The predicted molar refractivity (Wildman–Crippen MR) is 92.1 cm³/mol. The number of pyridine rings is 1. The van der Waals surface area contributed by atoms with Crippen molar-refractivity contribution in [3.8, 4) is 0 Å². The molecule has 0 unspecified atom stereocenters. The van der Waals surface area contributed by atoms with Crippen LogP contribution in [0, 0.1) is 6.92 Å². The molecule has 0 aliphatic carbocycles. The molecule has 8 heteroatoms. The largest absolute Gasteiger partial charge is 0.379 e. The molecule has 4 N–H and O–H groups in total. The number of piperidine rings is 1. The number of nitrogens with zero attached hydrogens (tertiary/aromatic N) is 3. The minimum Gasteiger partial charge on any atom is -0.379 e. The van der Waals surface area contributed by atoms with Gasteiger partial charge in [-0.2, -0.15) is 0 Å². The Morgan fingerprint density at radius 3 is 3.00 bits per heavy atom. The van der Waals surface area contributed by atoms with Gasteiger partial charge in [-0.15, -0.1) is 0 Å². The molecule has 132 valence electrons. The molecule has 1 aliphatic rings. The van der Waals surface area contributed by atoms with Gasteiger partial charge in [-0.05, 0) is 32.0 Å². The lowest BCUT2D eigenvalue weighted by molar-refractivity contribution is 0.100. The first-order chi connectivity index (χ1) is 12.0. The van der Waals surface area contributed by atoms with Crippen LogP contribution in [0.3, 0.4) is 0 Å². The summed E-state index contributed by atoms with van der Waals surface area (Å²) >= 11 is 0. The second-order valence-corrected chi connectivity index (χ2v) is 6.12. The SMILES string of the molecule is Cc1nccc(Cc2cc(N[C@@H]3CCNC[C@@H]3F)c(C(N)=O)cn2)n1. The number of hydrogen-bond acceptors (Lipinski definition) is 6. The molecule has 0 saturated carbocycles. The zero-order chi connectivity index (χ0) is 17.8. The van der Waals surface area contributed by atoms with E-state index in [2.05, 4.69) is 25.6 Å². The van der Waals surface area contributed by atoms with E-state index in [4.69, 9.17) is 5.73 Å². The van der Waals surface area contributed by atoms with E-state index in [0.717, 1.165) is 17.9 Å². The Morgan fingerprint density at radius 1 is 1.44 bits per heavy atom. The van der Waals surface area contributed by atoms with Crippen molar-refractivity contribution in [1.29, 1.82) is 0 Å². The summed E-state index contributed by atoms with van der Waals surface area (Å²) in [7, 11) is 0. The molecular weight excluding hydrogens is 323 g/mol. The summed E-state index contributed by atoms with van der Waals surface area (Å²) in [5.41, 5.74) is 7.74. The smallest absolute Gasteiger partial charge is 0.252 e. The number of primary amides is 1. The maximum atomic E-state index is 14.1. The second kappa shape index (κ2) is 7.52. The number of alkyl halides is 1. The van der Waals surface area contributed by atoms with Crippen molar-refractivity contribution in [1.82, 2.24) is 20.3 Å². The summed E-state index contributed by atoms with van der Waals surface area (Å²) in [6, 6.07) is 3.19. The first kappa shape index (κ1) is 17.2. The van der Waals surface area contributed by atoms with E-state index in [1.807, 2.05) is 13.0 Å². The first-order valence-corrected chi connectivity index (χ1v) is 8.21. The molecule has 7 nitrogen and oxygen atoms in total. The predicted octanol–water partition coefficient (Wildman–Crippen LogP) is 0.982. The average Bonchev–Trinajstić information content (AvgIpc) is 2.57. The highest BCUT2D eigenvalue weighted by Gasteiger charge is 2.25. The number of carbonyl (C=O) groups is 1. The third kappa shape index (κ3) is 4.27. The molecule has 0 spiro atoms. The fourth-order valence-corrected chi connectivity index (χ4v) is 2.88. The molecular formula is C17H21FN6O. The molecule has 1 fully saturated rings. The summed E-state index contributed by atoms with van der Waals surface area (Å²) in [5.74, 6) is 0.0864. The summed E-state index contributed by atoms with van der Waals surface area (Å²) in [6.07, 6.45) is 3.21. The Labute approximate surface area is 145 Å². The molecule has 3 heterocycles. The van der Waals surface area contributed by atoms with Crippen LogP contribution >= 0.6 is 0 Å². The number of rotatable bonds is 5. The lowest BCUT2D eigenvalue weighted by Gasteiger charge is -2.29. The highest BCUT2D eigenvalue weighted by molar-refractivity contribution is 5.98. The standard InChI is InChI=1S/C17H21FN6O/c1-10-21-5-2-11(23-10)6-12-7-16(13(8-22-12)17(19)25)24-15-3-4-20-9-14(15)18/h2,5,7-8,14-15,20H,3-4,6,9H2,1H3,(H2,19,25)(H,22,24)/t14-,15+/m0/s1. The van der Waals surface area contributed by atoms with Crippen LogP contribution < -0.4 is 16.4 Å². The maximum Gasteiger partial charge on any atom is 0.252 e. The van der Waals surface area contributed by atoms with Crippen molar-refractivity contribution >= 4 is 11.6 Å².